The quantitative estimate of drug-likeness (QED) is 0.359. The average Bonchev–Trinajstić information content (AvgIpc) is 2.65. The van der Waals surface area contributed by atoms with Crippen LogP contribution in [-0.4, -0.2) is 55.6 Å². The van der Waals surface area contributed by atoms with Gasteiger partial charge in [0.25, 0.3) is 0 Å². The predicted molar refractivity (Wildman–Crippen MR) is 105 cm³/mol. The number of likely N-dealkylation sites (tertiary alicyclic amines) is 1. The van der Waals surface area contributed by atoms with Crippen molar-refractivity contribution in [3.63, 3.8) is 0 Å². The third-order valence-corrected chi connectivity index (χ3v) is 4.66. The minimum absolute atomic E-state index is 0.0601. The molecule has 6 heteroatoms. The Hall–Kier alpha value is -1.63. The van der Waals surface area contributed by atoms with Crippen LogP contribution < -0.4 is 15.9 Å². The van der Waals surface area contributed by atoms with Gasteiger partial charge in [-0.1, -0.05) is 18.6 Å². The van der Waals surface area contributed by atoms with E-state index in [1.54, 1.807) is 12.1 Å². The highest BCUT2D eigenvalue weighted by Gasteiger charge is 2.09. The van der Waals surface area contributed by atoms with E-state index in [1.165, 1.54) is 32.4 Å². The van der Waals surface area contributed by atoms with Gasteiger partial charge in [-0.3, -0.25) is 15.6 Å². The van der Waals surface area contributed by atoms with E-state index in [-0.39, 0.29) is 5.91 Å². The highest BCUT2D eigenvalue weighted by atomic mass is 16.5. The van der Waals surface area contributed by atoms with E-state index >= 15 is 0 Å². The van der Waals surface area contributed by atoms with Crippen molar-refractivity contribution in [2.24, 2.45) is 5.84 Å². The lowest BCUT2D eigenvalue weighted by molar-refractivity contribution is -0.121. The summed E-state index contributed by atoms with van der Waals surface area (Å²) >= 11 is 0. The van der Waals surface area contributed by atoms with Gasteiger partial charge in [-0.2, -0.15) is 0 Å². The van der Waals surface area contributed by atoms with E-state index in [0.717, 1.165) is 43.9 Å². The Morgan fingerprint density at radius 3 is 2.62 bits per heavy atom. The summed E-state index contributed by atoms with van der Waals surface area (Å²) in [4.78, 5) is 14.3. The first-order valence-electron chi connectivity index (χ1n) is 9.80. The van der Waals surface area contributed by atoms with Gasteiger partial charge in [0.2, 0.25) is 5.91 Å². The lowest BCUT2D eigenvalue weighted by Crippen LogP contribution is -2.31. The van der Waals surface area contributed by atoms with E-state index in [0.29, 0.717) is 13.0 Å². The molecule has 0 spiro atoms. The zero-order valence-electron chi connectivity index (χ0n) is 16.1. The van der Waals surface area contributed by atoms with Gasteiger partial charge in [0.1, 0.15) is 5.75 Å². The van der Waals surface area contributed by atoms with Crippen LogP contribution in [0.2, 0.25) is 0 Å². The lowest BCUT2D eigenvalue weighted by atomic mass is 10.1. The van der Waals surface area contributed by atoms with Crippen LogP contribution >= 0.6 is 0 Å². The molecule has 1 fully saturated rings. The molecule has 0 saturated carbocycles. The van der Waals surface area contributed by atoms with E-state index in [9.17, 15) is 4.79 Å². The van der Waals surface area contributed by atoms with Crippen LogP contribution in [0.25, 0.3) is 0 Å². The molecule has 1 aliphatic rings. The van der Waals surface area contributed by atoms with Gasteiger partial charge in [-0.15, -0.1) is 0 Å². The number of hydrogen-bond acceptors (Lipinski definition) is 5. The number of ether oxygens (including phenoxy) is 1. The van der Waals surface area contributed by atoms with Crippen molar-refractivity contribution in [2.75, 3.05) is 39.8 Å². The molecule has 1 aromatic carbocycles. The number of carbonyl (C=O) groups excluding carboxylic acids is 1. The number of amides is 1. The van der Waals surface area contributed by atoms with Crippen molar-refractivity contribution in [3.05, 3.63) is 29.8 Å². The number of nitrogens with one attached hydrogen (secondary N) is 1. The molecule has 146 valence electrons. The van der Waals surface area contributed by atoms with Gasteiger partial charge >= 0.3 is 0 Å². The summed E-state index contributed by atoms with van der Waals surface area (Å²) in [6.07, 6.45) is 6.38. The maximum Gasteiger partial charge on any atom is 0.220 e. The number of rotatable bonds is 11. The van der Waals surface area contributed by atoms with Crippen LogP contribution in [0.15, 0.2) is 24.3 Å². The second-order valence-corrected chi connectivity index (χ2v) is 7.11. The zero-order valence-corrected chi connectivity index (χ0v) is 16.1. The average molecular weight is 363 g/mol. The molecule has 0 aromatic heterocycles. The van der Waals surface area contributed by atoms with Gasteiger partial charge < -0.3 is 15.0 Å². The lowest BCUT2D eigenvalue weighted by Gasteiger charge is -2.26. The number of nitrogens with two attached hydrogens (primary N) is 1. The summed E-state index contributed by atoms with van der Waals surface area (Å²) in [5, 5.41) is 4.53. The molecule has 1 heterocycles. The molecule has 3 N–H and O–H groups in total. The first kappa shape index (κ1) is 20.7. The third kappa shape index (κ3) is 8.65. The van der Waals surface area contributed by atoms with Crippen molar-refractivity contribution < 1.29 is 9.53 Å². The highest BCUT2D eigenvalue weighted by molar-refractivity contribution is 5.75. The molecule has 0 radical (unpaired) electrons. The number of carbonyl (C=O) groups is 1. The van der Waals surface area contributed by atoms with Crippen molar-refractivity contribution >= 4 is 5.91 Å². The number of piperidine rings is 1. The van der Waals surface area contributed by atoms with Gasteiger partial charge in [-0.05, 0) is 56.5 Å². The van der Waals surface area contributed by atoms with Crippen molar-refractivity contribution in [1.29, 1.82) is 0 Å². The molecule has 1 saturated heterocycles. The maximum atomic E-state index is 11.8. The number of hydrazine groups is 1. The standard InChI is InChI=1S/C20H34N4O2/c1-23(21)12-5-7-20(25)22-17-18-8-10-19(11-9-18)26-16-6-15-24-13-3-2-4-14-24/h8-11H,2-7,12-17,21H2,1H3,(H,22,25). The first-order chi connectivity index (χ1) is 12.6. The second kappa shape index (κ2) is 11.9. The monoisotopic (exact) mass is 362 g/mol. The summed E-state index contributed by atoms with van der Waals surface area (Å²) in [5.74, 6) is 6.48. The van der Waals surface area contributed by atoms with Crippen LogP contribution in [0, 0.1) is 0 Å². The normalized spacial score (nSPS) is 15.2. The van der Waals surface area contributed by atoms with Crippen LogP contribution in [0.1, 0.15) is 44.1 Å². The molecule has 0 aliphatic carbocycles. The molecule has 1 aliphatic heterocycles. The van der Waals surface area contributed by atoms with E-state index in [4.69, 9.17) is 10.6 Å². The van der Waals surface area contributed by atoms with Crippen LogP contribution in [0.3, 0.4) is 0 Å². The van der Waals surface area contributed by atoms with E-state index in [2.05, 4.69) is 10.2 Å². The molecule has 0 atom stereocenters. The molecule has 0 bridgehead atoms. The Balaban J connectivity index is 1.57. The molecule has 1 amide bonds. The molecule has 6 nitrogen and oxygen atoms in total. The smallest absolute Gasteiger partial charge is 0.220 e. The summed E-state index contributed by atoms with van der Waals surface area (Å²) in [6.45, 7) is 5.63. The zero-order chi connectivity index (χ0) is 18.6. The fourth-order valence-corrected chi connectivity index (χ4v) is 3.14. The summed E-state index contributed by atoms with van der Waals surface area (Å²) in [7, 11) is 1.80. The summed E-state index contributed by atoms with van der Waals surface area (Å²) < 4.78 is 5.82. The van der Waals surface area contributed by atoms with Gasteiger partial charge in [0, 0.05) is 33.1 Å². The SMILES string of the molecule is CN(N)CCCC(=O)NCc1ccc(OCCCN2CCCCC2)cc1. The third-order valence-electron chi connectivity index (χ3n) is 4.66. The topological polar surface area (TPSA) is 70.8 Å². The minimum atomic E-state index is 0.0601. The molecular formula is C20H34N4O2. The fourth-order valence-electron chi connectivity index (χ4n) is 3.14. The predicted octanol–water partition coefficient (Wildman–Crippen LogP) is 2.14. The van der Waals surface area contributed by atoms with Gasteiger partial charge in [0.15, 0.2) is 0 Å². The van der Waals surface area contributed by atoms with Gasteiger partial charge in [-0.25, -0.2) is 0 Å². The second-order valence-electron chi connectivity index (χ2n) is 7.11. The Morgan fingerprint density at radius 2 is 1.92 bits per heavy atom. The Morgan fingerprint density at radius 1 is 1.19 bits per heavy atom. The molecule has 2 rings (SSSR count). The van der Waals surface area contributed by atoms with Crippen LogP contribution in [-0.2, 0) is 11.3 Å². The Kier molecular flexibility index (Phi) is 9.45. The maximum absolute atomic E-state index is 11.8. The van der Waals surface area contributed by atoms with Gasteiger partial charge in [0.05, 0.1) is 6.61 Å². The molecule has 26 heavy (non-hydrogen) atoms. The number of nitrogens with zero attached hydrogens (tertiary/aromatic N) is 2. The van der Waals surface area contributed by atoms with Crippen molar-refractivity contribution in [1.82, 2.24) is 15.2 Å². The minimum Gasteiger partial charge on any atom is -0.494 e. The first-order valence-corrected chi connectivity index (χ1v) is 9.80. The fraction of sp³-hybridized carbons (Fsp3) is 0.650. The summed E-state index contributed by atoms with van der Waals surface area (Å²) in [6, 6.07) is 7.97. The van der Waals surface area contributed by atoms with Crippen LogP contribution in [0.4, 0.5) is 0 Å². The molecular weight excluding hydrogens is 328 g/mol. The van der Waals surface area contributed by atoms with Crippen molar-refractivity contribution in [2.45, 2.75) is 45.1 Å². The Labute approximate surface area is 157 Å². The molecule has 1 aromatic rings. The van der Waals surface area contributed by atoms with Crippen molar-refractivity contribution in [3.8, 4) is 5.75 Å². The summed E-state index contributed by atoms with van der Waals surface area (Å²) in [5.41, 5.74) is 1.08. The number of benzene rings is 1. The molecule has 0 unspecified atom stereocenters. The van der Waals surface area contributed by atoms with Crippen LogP contribution in [0.5, 0.6) is 5.75 Å². The number of hydrogen-bond donors (Lipinski definition) is 2. The van der Waals surface area contributed by atoms with E-state index < -0.39 is 0 Å². The Bertz CT molecular complexity index is 513. The van der Waals surface area contributed by atoms with E-state index in [1.807, 2.05) is 24.3 Å². The largest absolute Gasteiger partial charge is 0.494 e. The highest BCUT2D eigenvalue weighted by Crippen LogP contribution is 2.13.